The summed E-state index contributed by atoms with van der Waals surface area (Å²) in [6.07, 6.45) is 2.85. The summed E-state index contributed by atoms with van der Waals surface area (Å²) in [5.74, 6) is -0.328. The number of thiocarbonyl (C=S) groups is 1. The number of benzene rings is 2. The number of piperidine rings is 1. The fourth-order valence-electron chi connectivity index (χ4n) is 3.03. The van der Waals surface area contributed by atoms with Crippen molar-refractivity contribution in [3.8, 4) is 0 Å². The normalized spacial score (nSPS) is 15.3. The van der Waals surface area contributed by atoms with Gasteiger partial charge in [-0.25, -0.2) is 12.8 Å². The van der Waals surface area contributed by atoms with E-state index in [1.165, 1.54) is 12.1 Å². The van der Waals surface area contributed by atoms with Crippen molar-refractivity contribution in [3.05, 3.63) is 53.8 Å². The van der Waals surface area contributed by atoms with E-state index >= 15 is 0 Å². The molecular weight excluding hydrogens is 385 g/mol. The third-order valence-corrected chi connectivity index (χ3v) is 6.73. The van der Waals surface area contributed by atoms with Crippen molar-refractivity contribution in [2.24, 2.45) is 0 Å². The van der Waals surface area contributed by atoms with Crippen LogP contribution in [0.3, 0.4) is 0 Å². The minimum atomic E-state index is -3.53. The number of rotatable bonds is 4. The molecule has 0 aliphatic carbocycles. The van der Waals surface area contributed by atoms with Gasteiger partial charge in [-0.3, -0.25) is 0 Å². The summed E-state index contributed by atoms with van der Waals surface area (Å²) in [5, 5.41) is 6.24. The van der Waals surface area contributed by atoms with Crippen molar-refractivity contribution in [3.63, 3.8) is 0 Å². The zero-order chi connectivity index (χ0) is 19.4. The molecule has 5 nitrogen and oxygen atoms in total. The van der Waals surface area contributed by atoms with E-state index in [1.807, 2.05) is 0 Å². The van der Waals surface area contributed by atoms with Crippen molar-refractivity contribution in [1.82, 2.24) is 4.31 Å². The molecule has 2 N–H and O–H groups in total. The molecule has 0 saturated carbocycles. The van der Waals surface area contributed by atoms with Gasteiger partial charge in [0.05, 0.1) is 4.90 Å². The van der Waals surface area contributed by atoms with Gasteiger partial charge in [0.2, 0.25) is 10.0 Å². The Morgan fingerprint density at radius 3 is 2.26 bits per heavy atom. The zero-order valence-electron chi connectivity index (χ0n) is 15.0. The molecule has 27 heavy (non-hydrogen) atoms. The number of hydrogen-bond donors (Lipinski definition) is 2. The first-order valence-corrected chi connectivity index (χ1v) is 10.7. The van der Waals surface area contributed by atoms with Crippen LogP contribution in [0.2, 0.25) is 0 Å². The number of anilines is 2. The lowest BCUT2D eigenvalue weighted by Crippen LogP contribution is -2.36. The van der Waals surface area contributed by atoms with Crippen LogP contribution in [0.25, 0.3) is 0 Å². The molecule has 1 heterocycles. The van der Waals surface area contributed by atoms with E-state index in [1.54, 1.807) is 41.6 Å². The molecule has 0 bridgehead atoms. The zero-order valence-corrected chi connectivity index (χ0v) is 16.7. The van der Waals surface area contributed by atoms with Gasteiger partial charge in [0.15, 0.2) is 5.11 Å². The van der Waals surface area contributed by atoms with Gasteiger partial charge in [-0.1, -0.05) is 12.5 Å². The molecule has 0 aromatic heterocycles. The summed E-state index contributed by atoms with van der Waals surface area (Å²) < 4.78 is 40.5. The Bertz CT molecular complexity index is 924. The highest BCUT2D eigenvalue weighted by Gasteiger charge is 2.27. The fraction of sp³-hybridized carbons (Fsp3) is 0.316. The third-order valence-electron chi connectivity index (χ3n) is 4.48. The molecule has 1 fully saturated rings. The Labute approximate surface area is 164 Å². The summed E-state index contributed by atoms with van der Waals surface area (Å²) >= 11 is 5.27. The van der Waals surface area contributed by atoms with E-state index in [-0.39, 0.29) is 5.82 Å². The molecule has 1 saturated heterocycles. The average Bonchev–Trinajstić information content (AvgIpc) is 2.66. The summed E-state index contributed by atoms with van der Waals surface area (Å²) in [4.78, 5) is 0.291. The monoisotopic (exact) mass is 407 g/mol. The van der Waals surface area contributed by atoms with Gasteiger partial charge in [0.1, 0.15) is 5.82 Å². The maximum absolute atomic E-state index is 13.0. The Kier molecular flexibility index (Phi) is 6.08. The maximum atomic E-state index is 13.0. The van der Waals surface area contributed by atoms with Crippen molar-refractivity contribution < 1.29 is 12.8 Å². The molecule has 1 aliphatic heterocycles. The summed E-state index contributed by atoms with van der Waals surface area (Å²) in [7, 11) is -3.53. The molecule has 0 atom stereocenters. The van der Waals surface area contributed by atoms with Crippen molar-refractivity contribution in [2.45, 2.75) is 31.1 Å². The molecule has 2 aromatic carbocycles. The van der Waals surface area contributed by atoms with Gasteiger partial charge in [-0.05, 0) is 73.9 Å². The lowest BCUT2D eigenvalue weighted by molar-refractivity contribution is 0.346. The Morgan fingerprint density at radius 2 is 1.59 bits per heavy atom. The SMILES string of the molecule is Cc1ccc(NC(=S)Nc2ccc(F)cc2)cc1S(=O)(=O)N1CCCCC1. The number of sulfonamides is 1. The van der Waals surface area contributed by atoms with E-state index in [0.717, 1.165) is 19.3 Å². The maximum Gasteiger partial charge on any atom is 0.243 e. The first-order valence-electron chi connectivity index (χ1n) is 8.80. The summed E-state index contributed by atoms with van der Waals surface area (Å²) in [6.45, 7) is 2.91. The molecule has 1 aliphatic rings. The topological polar surface area (TPSA) is 61.4 Å². The van der Waals surface area contributed by atoms with Gasteiger partial charge in [0, 0.05) is 24.5 Å². The largest absolute Gasteiger partial charge is 0.332 e. The van der Waals surface area contributed by atoms with Crippen molar-refractivity contribution >= 4 is 38.7 Å². The number of halogens is 1. The lowest BCUT2D eigenvalue weighted by Gasteiger charge is -2.26. The highest BCUT2D eigenvalue weighted by atomic mass is 32.2. The molecule has 0 radical (unpaired) electrons. The van der Waals surface area contributed by atoms with Crippen LogP contribution in [-0.2, 0) is 10.0 Å². The quantitative estimate of drug-likeness (QED) is 0.747. The minimum absolute atomic E-state index is 0.291. The first kappa shape index (κ1) is 19.7. The predicted molar refractivity (Wildman–Crippen MR) is 110 cm³/mol. The minimum Gasteiger partial charge on any atom is -0.332 e. The van der Waals surface area contributed by atoms with Crippen LogP contribution in [0.15, 0.2) is 47.4 Å². The Morgan fingerprint density at radius 1 is 1.00 bits per heavy atom. The molecule has 0 amide bonds. The third kappa shape index (κ3) is 4.82. The van der Waals surface area contributed by atoms with E-state index in [4.69, 9.17) is 12.2 Å². The average molecular weight is 408 g/mol. The molecular formula is C19H22FN3O2S2. The number of aryl methyl sites for hydroxylation is 1. The van der Waals surface area contributed by atoms with Crippen LogP contribution < -0.4 is 10.6 Å². The van der Waals surface area contributed by atoms with Gasteiger partial charge < -0.3 is 10.6 Å². The van der Waals surface area contributed by atoms with E-state index in [2.05, 4.69) is 10.6 Å². The van der Waals surface area contributed by atoms with Crippen molar-refractivity contribution in [2.75, 3.05) is 23.7 Å². The predicted octanol–water partition coefficient (Wildman–Crippen LogP) is 4.12. The number of nitrogens with one attached hydrogen (secondary N) is 2. The van der Waals surface area contributed by atoms with Crippen LogP contribution in [0, 0.1) is 12.7 Å². The van der Waals surface area contributed by atoms with Crippen LogP contribution in [0.5, 0.6) is 0 Å². The van der Waals surface area contributed by atoms with Crippen molar-refractivity contribution in [1.29, 1.82) is 0 Å². The number of hydrogen-bond acceptors (Lipinski definition) is 3. The van der Waals surface area contributed by atoms with Crippen LogP contribution in [0.4, 0.5) is 15.8 Å². The number of nitrogens with zero attached hydrogens (tertiary/aromatic N) is 1. The first-order chi connectivity index (χ1) is 12.9. The second-order valence-electron chi connectivity index (χ2n) is 6.53. The summed E-state index contributed by atoms with van der Waals surface area (Å²) in [6, 6.07) is 11.0. The standard InChI is InChI=1S/C19H22FN3O2S2/c1-14-5-8-17(22-19(26)21-16-9-6-15(20)7-10-16)13-18(14)27(24,25)23-11-3-2-4-12-23/h5-10,13H,2-4,11-12H2,1H3,(H2,21,22,26). The molecule has 8 heteroatoms. The molecule has 144 valence electrons. The lowest BCUT2D eigenvalue weighted by atomic mass is 10.2. The van der Waals surface area contributed by atoms with E-state index in [0.29, 0.717) is 40.0 Å². The van der Waals surface area contributed by atoms with Gasteiger partial charge in [-0.15, -0.1) is 0 Å². The highest BCUT2D eigenvalue weighted by Crippen LogP contribution is 2.26. The van der Waals surface area contributed by atoms with Gasteiger partial charge in [0.25, 0.3) is 0 Å². The van der Waals surface area contributed by atoms with E-state index < -0.39 is 10.0 Å². The fourth-order valence-corrected chi connectivity index (χ4v) is 5.03. The molecule has 3 rings (SSSR count). The van der Waals surface area contributed by atoms with Gasteiger partial charge >= 0.3 is 0 Å². The second-order valence-corrected chi connectivity index (χ2v) is 8.85. The molecule has 2 aromatic rings. The Balaban J connectivity index is 1.76. The highest BCUT2D eigenvalue weighted by molar-refractivity contribution is 7.89. The smallest absolute Gasteiger partial charge is 0.243 e. The van der Waals surface area contributed by atoms with Crippen LogP contribution >= 0.6 is 12.2 Å². The van der Waals surface area contributed by atoms with E-state index in [9.17, 15) is 12.8 Å². The molecule has 0 spiro atoms. The second kappa shape index (κ2) is 8.33. The van der Waals surface area contributed by atoms with Crippen LogP contribution in [-0.4, -0.2) is 30.9 Å². The molecule has 0 unspecified atom stereocenters. The Hall–Kier alpha value is -2.03. The van der Waals surface area contributed by atoms with Crippen LogP contribution in [0.1, 0.15) is 24.8 Å². The summed E-state index contributed by atoms with van der Waals surface area (Å²) in [5.41, 5.74) is 1.92. The van der Waals surface area contributed by atoms with Gasteiger partial charge in [-0.2, -0.15) is 4.31 Å².